The maximum Gasteiger partial charge on any atom is 0.222 e. The van der Waals surface area contributed by atoms with E-state index in [-0.39, 0.29) is 5.91 Å². The molecular weight excluding hydrogens is 218 g/mol. The number of carbonyl (C=O) groups excluding carboxylic acids is 1. The van der Waals surface area contributed by atoms with Gasteiger partial charge >= 0.3 is 0 Å². The summed E-state index contributed by atoms with van der Waals surface area (Å²) in [5.74, 6) is 0.646. The topological polar surface area (TPSA) is 20.3 Å². The highest BCUT2D eigenvalue weighted by atomic mass is 79.9. The van der Waals surface area contributed by atoms with E-state index in [2.05, 4.69) is 22.0 Å². The van der Waals surface area contributed by atoms with E-state index in [9.17, 15) is 4.79 Å². The number of nitrogens with zero attached hydrogens (tertiary/aromatic N) is 1. The molecule has 3 heteroatoms. The summed E-state index contributed by atoms with van der Waals surface area (Å²) in [5, 5.41) is 0. The van der Waals surface area contributed by atoms with Gasteiger partial charge in [-0.25, -0.2) is 0 Å². The van der Waals surface area contributed by atoms with E-state index in [1.807, 2.05) is 0 Å². The van der Waals surface area contributed by atoms with Crippen molar-refractivity contribution in [3.63, 3.8) is 0 Å². The van der Waals surface area contributed by atoms with Crippen molar-refractivity contribution in [2.75, 3.05) is 14.1 Å². The van der Waals surface area contributed by atoms with E-state index in [1.54, 1.807) is 19.0 Å². The molecule has 2 nitrogen and oxygen atoms in total. The molecule has 68 valence electrons. The van der Waals surface area contributed by atoms with Crippen LogP contribution in [0.15, 0.2) is 10.6 Å². The Balaban J connectivity index is 2.42. The summed E-state index contributed by atoms with van der Waals surface area (Å²) in [6.07, 6.45) is 5.02. The Hall–Kier alpha value is -0.310. The zero-order chi connectivity index (χ0) is 9.14. The second-order valence-corrected chi connectivity index (χ2v) is 4.27. The monoisotopic (exact) mass is 231 g/mol. The van der Waals surface area contributed by atoms with Crippen LogP contribution in [0.4, 0.5) is 0 Å². The second kappa shape index (κ2) is 4.08. The highest BCUT2D eigenvalue weighted by molar-refractivity contribution is 9.11. The fraction of sp³-hybridized carbons (Fsp3) is 0.667. The average molecular weight is 232 g/mol. The molecule has 1 rings (SSSR count). The molecule has 0 aromatic carbocycles. The van der Waals surface area contributed by atoms with Gasteiger partial charge in [-0.1, -0.05) is 22.0 Å². The van der Waals surface area contributed by atoms with Gasteiger partial charge in [0.2, 0.25) is 5.91 Å². The molecule has 0 heterocycles. The normalized spacial score (nSPS) is 22.2. The van der Waals surface area contributed by atoms with E-state index in [4.69, 9.17) is 0 Å². The Bertz CT molecular complexity index is 211. The molecule has 0 radical (unpaired) electrons. The van der Waals surface area contributed by atoms with Gasteiger partial charge in [0.1, 0.15) is 0 Å². The van der Waals surface area contributed by atoms with Gasteiger partial charge in [-0.2, -0.15) is 0 Å². The fourth-order valence-electron chi connectivity index (χ4n) is 1.32. The lowest BCUT2D eigenvalue weighted by Gasteiger charge is -2.14. The minimum Gasteiger partial charge on any atom is -0.349 e. The molecule has 0 saturated carbocycles. The first-order valence-corrected chi connectivity index (χ1v) is 4.96. The molecule has 0 N–H and O–H groups in total. The van der Waals surface area contributed by atoms with Gasteiger partial charge in [-0.15, -0.1) is 0 Å². The molecule has 0 fully saturated rings. The maximum atomic E-state index is 11.3. The SMILES string of the molecule is CN(C)C(=O)CC1CCC=C1Br. The van der Waals surface area contributed by atoms with Crippen LogP contribution in [-0.4, -0.2) is 24.9 Å². The van der Waals surface area contributed by atoms with Crippen molar-refractivity contribution < 1.29 is 4.79 Å². The van der Waals surface area contributed by atoms with Crippen molar-refractivity contribution in [2.24, 2.45) is 5.92 Å². The number of amides is 1. The number of carbonyl (C=O) groups is 1. The average Bonchev–Trinajstić information content (AvgIpc) is 2.36. The first-order chi connectivity index (χ1) is 5.61. The smallest absolute Gasteiger partial charge is 0.222 e. The number of allylic oxidation sites excluding steroid dienone is 2. The number of rotatable bonds is 2. The molecule has 0 aromatic rings. The van der Waals surface area contributed by atoms with E-state index < -0.39 is 0 Å². The maximum absolute atomic E-state index is 11.3. The molecule has 0 spiro atoms. The second-order valence-electron chi connectivity index (χ2n) is 3.36. The van der Waals surface area contributed by atoms with Gasteiger partial charge < -0.3 is 4.90 Å². The summed E-state index contributed by atoms with van der Waals surface area (Å²) < 4.78 is 1.21. The molecule has 1 atom stereocenters. The summed E-state index contributed by atoms with van der Waals surface area (Å²) in [6, 6.07) is 0. The van der Waals surface area contributed by atoms with Crippen molar-refractivity contribution in [3.05, 3.63) is 10.6 Å². The van der Waals surface area contributed by atoms with Crippen LogP contribution in [0.2, 0.25) is 0 Å². The molecule has 1 amide bonds. The standard InChI is InChI=1S/C9H14BrNO/c1-11(2)9(12)6-7-4-3-5-8(7)10/h5,7H,3-4,6H2,1-2H3. The number of halogens is 1. The molecule has 1 aliphatic rings. The predicted molar refractivity (Wildman–Crippen MR) is 53.0 cm³/mol. The quantitative estimate of drug-likeness (QED) is 0.714. The first-order valence-electron chi connectivity index (χ1n) is 4.17. The van der Waals surface area contributed by atoms with Crippen molar-refractivity contribution in [1.82, 2.24) is 4.90 Å². The highest BCUT2D eigenvalue weighted by Crippen LogP contribution is 2.32. The summed E-state index contributed by atoms with van der Waals surface area (Å²) in [4.78, 5) is 13.0. The van der Waals surface area contributed by atoms with E-state index >= 15 is 0 Å². The van der Waals surface area contributed by atoms with Crippen LogP contribution in [0.5, 0.6) is 0 Å². The van der Waals surface area contributed by atoms with Crippen LogP contribution in [0, 0.1) is 5.92 Å². The molecule has 0 saturated heterocycles. The Morgan fingerprint density at radius 3 is 2.83 bits per heavy atom. The largest absolute Gasteiger partial charge is 0.349 e. The Labute approximate surface area is 81.8 Å². The van der Waals surface area contributed by atoms with Crippen LogP contribution in [-0.2, 0) is 4.79 Å². The van der Waals surface area contributed by atoms with Crippen molar-refractivity contribution >= 4 is 21.8 Å². The molecular formula is C9H14BrNO. The van der Waals surface area contributed by atoms with E-state index in [1.165, 1.54) is 4.48 Å². The third-order valence-corrected chi connectivity index (χ3v) is 3.14. The number of hydrogen-bond donors (Lipinski definition) is 0. The van der Waals surface area contributed by atoms with Crippen LogP contribution in [0.1, 0.15) is 19.3 Å². The Morgan fingerprint density at radius 1 is 1.75 bits per heavy atom. The lowest BCUT2D eigenvalue weighted by atomic mass is 10.0. The van der Waals surface area contributed by atoms with Crippen LogP contribution < -0.4 is 0 Å². The molecule has 12 heavy (non-hydrogen) atoms. The zero-order valence-corrected chi connectivity index (χ0v) is 9.10. The van der Waals surface area contributed by atoms with Crippen molar-refractivity contribution in [3.8, 4) is 0 Å². The minimum absolute atomic E-state index is 0.215. The summed E-state index contributed by atoms with van der Waals surface area (Å²) in [6.45, 7) is 0. The first kappa shape index (κ1) is 9.78. The summed E-state index contributed by atoms with van der Waals surface area (Å²) in [5.41, 5.74) is 0. The lowest BCUT2D eigenvalue weighted by molar-refractivity contribution is -0.129. The molecule has 1 unspecified atom stereocenters. The van der Waals surface area contributed by atoms with Gasteiger partial charge in [0, 0.05) is 20.5 Å². The molecule has 0 aromatic heterocycles. The molecule has 0 bridgehead atoms. The van der Waals surface area contributed by atoms with Gasteiger partial charge in [0.05, 0.1) is 0 Å². The minimum atomic E-state index is 0.215. The van der Waals surface area contributed by atoms with Gasteiger partial charge in [0.15, 0.2) is 0 Å². The zero-order valence-electron chi connectivity index (χ0n) is 7.51. The van der Waals surface area contributed by atoms with Crippen LogP contribution in [0.25, 0.3) is 0 Å². The molecule has 0 aliphatic heterocycles. The highest BCUT2D eigenvalue weighted by Gasteiger charge is 2.20. The fourth-order valence-corrected chi connectivity index (χ4v) is 1.94. The number of hydrogen-bond acceptors (Lipinski definition) is 1. The van der Waals surface area contributed by atoms with Gasteiger partial charge in [0.25, 0.3) is 0 Å². The van der Waals surface area contributed by atoms with Crippen molar-refractivity contribution in [2.45, 2.75) is 19.3 Å². The van der Waals surface area contributed by atoms with Gasteiger partial charge in [-0.05, 0) is 23.2 Å². The predicted octanol–water partition coefficient (Wildman–Crippen LogP) is 2.15. The third kappa shape index (κ3) is 2.34. The van der Waals surface area contributed by atoms with Crippen LogP contribution >= 0.6 is 15.9 Å². The molecule has 1 aliphatic carbocycles. The van der Waals surface area contributed by atoms with E-state index in [0.29, 0.717) is 12.3 Å². The summed E-state index contributed by atoms with van der Waals surface area (Å²) >= 11 is 3.47. The van der Waals surface area contributed by atoms with Crippen molar-refractivity contribution in [1.29, 1.82) is 0 Å². The Kier molecular flexibility index (Phi) is 3.32. The van der Waals surface area contributed by atoms with Gasteiger partial charge in [-0.3, -0.25) is 4.79 Å². The Morgan fingerprint density at radius 2 is 2.42 bits per heavy atom. The lowest BCUT2D eigenvalue weighted by Crippen LogP contribution is -2.23. The van der Waals surface area contributed by atoms with Crippen LogP contribution in [0.3, 0.4) is 0 Å². The van der Waals surface area contributed by atoms with E-state index in [0.717, 1.165) is 12.8 Å². The third-order valence-electron chi connectivity index (χ3n) is 2.16. The summed E-state index contributed by atoms with van der Waals surface area (Å²) in [7, 11) is 3.60.